The van der Waals surface area contributed by atoms with E-state index in [2.05, 4.69) is 55.0 Å². The summed E-state index contributed by atoms with van der Waals surface area (Å²) in [5, 5.41) is 0. The Morgan fingerprint density at radius 3 is 2.35 bits per heavy atom. The van der Waals surface area contributed by atoms with Gasteiger partial charge >= 0.3 is 5.97 Å². The third kappa shape index (κ3) is 3.94. The Balaban J connectivity index is 1.58. The second-order valence-corrected chi connectivity index (χ2v) is 13.8. The van der Waals surface area contributed by atoms with Crippen molar-refractivity contribution in [2.75, 3.05) is 0 Å². The molecule has 192 valence electrons. The van der Waals surface area contributed by atoms with Gasteiger partial charge in [0, 0.05) is 6.92 Å². The van der Waals surface area contributed by atoms with Crippen molar-refractivity contribution in [2.45, 2.75) is 126 Å². The molecule has 4 aliphatic rings. The van der Waals surface area contributed by atoms with Crippen molar-refractivity contribution < 1.29 is 9.53 Å². The Labute approximate surface area is 210 Å². The molecule has 0 aromatic carbocycles. The fourth-order valence-corrected chi connectivity index (χ4v) is 9.58. The molecule has 4 rings (SSSR count). The summed E-state index contributed by atoms with van der Waals surface area (Å²) in [6.07, 6.45) is 12.9. The molecule has 0 spiro atoms. The van der Waals surface area contributed by atoms with Crippen LogP contribution in [0.4, 0.5) is 0 Å². The van der Waals surface area contributed by atoms with Gasteiger partial charge in [0.1, 0.15) is 6.10 Å². The van der Waals surface area contributed by atoms with Crippen molar-refractivity contribution in [3.8, 4) is 0 Å². The van der Waals surface area contributed by atoms with Crippen LogP contribution in [0.3, 0.4) is 0 Å². The lowest BCUT2D eigenvalue weighted by molar-refractivity contribution is -0.155. The molecular weight excluding hydrogens is 416 g/mol. The number of rotatable bonds is 6. The van der Waals surface area contributed by atoms with Crippen molar-refractivity contribution in [1.29, 1.82) is 0 Å². The number of carbonyl (C=O) groups excluding carboxylic acids is 1. The Morgan fingerprint density at radius 1 is 1.00 bits per heavy atom. The minimum Gasteiger partial charge on any atom is -0.462 e. The molecule has 0 N–H and O–H groups in total. The summed E-state index contributed by atoms with van der Waals surface area (Å²) >= 11 is 0. The molecule has 0 aromatic heterocycles. The van der Waals surface area contributed by atoms with Crippen molar-refractivity contribution in [2.24, 2.45) is 45.8 Å². The van der Waals surface area contributed by atoms with Gasteiger partial charge in [-0.2, -0.15) is 0 Å². The van der Waals surface area contributed by atoms with Crippen LogP contribution in [0.1, 0.15) is 120 Å². The van der Waals surface area contributed by atoms with Crippen molar-refractivity contribution >= 4 is 5.97 Å². The molecule has 2 fully saturated rings. The van der Waals surface area contributed by atoms with E-state index in [9.17, 15) is 4.79 Å². The van der Waals surface area contributed by atoms with E-state index < -0.39 is 0 Å². The van der Waals surface area contributed by atoms with Crippen LogP contribution < -0.4 is 0 Å². The highest BCUT2D eigenvalue weighted by Gasteiger charge is 2.62. The smallest absolute Gasteiger partial charge is 0.302 e. The lowest BCUT2D eigenvalue weighted by Crippen LogP contribution is -2.52. The first-order chi connectivity index (χ1) is 15.8. The number of ether oxygens (including phenoxy) is 1. The molecule has 0 radical (unpaired) electrons. The molecule has 0 bridgehead atoms. The largest absolute Gasteiger partial charge is 0.462 e. The maximum absolute atomic E-state index is 11.7. The Hall–Kier alpha value is -1.05. The maximum Gasteiger partial charge on any atom is 0.302 e. The van der Waals surface area contributed by atoms with Gasteiger partial charge in [-0.15, -0.1) is 0 Å². The zero-order valence-electron chi connectivity index (χ0n) is 23.6. The maximum atomic E-state index is 11.7. The van der Waals surface area contributed by atoms with E-state index in [-0.39, 0.29) is 12.1 Å². The highest BCUT2D eigenvalue weighted by atomic mass is 16.5. The van der Waals surface area contributed by atoms with Crippen LogP contribution in [-0.4, -0.2) is 12.1 Å². The van der Waals surface area contributed by atoms with Gasteiger partial charge in [-0.25, -0.2) is 0 Å². The minimum absolute atomic E-state index is 0.110. The van der Waals surface area contributed by atoms with Crippen LogP contribution in [0.25, 0.3) is 0 Å². The molecule has 0 saturated heterocycles. The van der Waals surface area contributed by atoms with E-state index in [1.54, 1.807) is 6.92 Å². The molecule has 0 amide bonds. The van der Waals surface area contributed by atoms with Crippen LogP contribution in [0.2, 0.25) is 0 Å². The third-order valence-corrected chi connectivity index (χ3v) is 12.2. The Kier molecular flexibility index (Phi) is 6.98. The third-order valence-electron chi connectivity index (χ3n) is 12.2. The predicted octanol–water partition coefficient (Wildman–Crippen LogP) is 8.91. The normalized spacial score (nSPS) is 43.4. The van der Waals surface area contributed by atoms with Crippen molar-refractivity contribution in [1.82, 2.24) is 0 Å². The molecule has 0 heterocycles. The first kappa shape index (κ1) is 26.0. The van der Waals surface area contributed by atoms with Gasteiger partial charge in [-0.05, 0) is 117 Å². The van der Waals surface area contributed by atoms with E-state index in [0.29, 0.717) is 34.0 Å². The zero-order valence-corrected chi connectivity index (χ0v) is 23.6. The van der Waals surface area contributed by atoms with Gasteiger partial charge in [-0.3, -0.25) is 4.79 Å². The lowest BCUT2D eigenvalue weighted by atomic mass is 9.45. The topological polar surface area (TPSA) is 26.3 Å². The van der Waals surface area contributed by atoms with E-state index in [1.807, 2.05) is 11.1 Å². The fraction of sp³-hybridized carbons (Fsp3) is 0.844. The van der Waals surface area contributed by atoms with Gasteiger partial charge in [0.15, 0.2) is 0 Å². The number of hydrogen-bond donors (Lipinski definition) is 0. The summed E-state index contributed by atoms with van der Waals surface area (Å²) < 4.78 is 5.77. The van der Waals surface area contributed by atoms with Crippen LogP contribution in [0.5, 0.6) is 0 Å². The molecule has 0 aromatic rings. The van der Waals surface area contributed by atoms with Gasteiger partial charge in [0.05, 0.1) is 0 Å². The standard InChI is InChI=1S/C32H52O2/c1-20(2)21(3)10-11-22(4)25-14-18-32(9)28-13-12-26-23(5)29(34-24(6)33)16-17-30(26,7)27(28)15-19-31(25,32)8/h21-23,25-26,29H,1,10-19H2,2-9H3. The summed E-state index contributed by atoms with van der Waals surface area (Å²) in [7, 11) is 0. The minimum atomic E-state index is -0.110. The zero-order chi connectivity index (χ0) is 25.1. The SMILES string of the molecule is C=C(C)C(C)CCC(C)C1CCC2(C)C3=C(CCC12C)C1(C)CCC(OC(C)=O)C(C)C1CC3. The second-order valence-electron chi connectivity index (χ2n) is 13.8. The molecular formula is C32H52O2. The van der Waals surface area contributed by atoms with Crippen LogP contribution in [0.15, 0.2) is 23.3 Å². The monoisotopic (exact) mass is 468 g/mol. The van der Waals surface area contributed by atoms with E-state index in [4.69, 9.17) is 4.74 Å². The van der Waals surface area contributed by atoms with Crippen molar-refractivity contribution in [3.05, 3.63) is 23.3 Å². The van der Waals surface area contributed by atoms with Crippen molar-refractivity contribution in [3.63, 3.8) is 0 Å². The predicted molar refractivity (Wildman–Crippen MR) is 142 cm³/mol. The number of fused-ring (bicyclic) bond motifs is 4. The second kappa shape index (κ2) is 9.11. The number of esters is 1. The molecule has 9 unspecified atom stereocenters. The van der Waals surface area contributed by atoms with Gasteiger partial charge in [0.2, 0.25) is 0 Å². The van der Waals surface area contributed by atoms with Crippen LogP contribution >= 0.6 is 0 Å². The van der Waals surface area contributed by atoms with Gasteiger partial charge < -0.3 is 4.74 Å². The summed E-state index contributed by atoms with van der Waals surface area (Å²) in [4.78, 5) is 11.7. The summed E-state index contributed by atoms with van der Waals surface area (Å²) in [6, 6.07) is 0. The molecule has 2 nitrogen and oxygen atoms in total. The first-order valence-electron chi connectivity index (χ1n) is 14.4. The molecule has 4 aliphatic carbocycles. The summed E-state index contributed by atoms with van der Waals surface area (Å²) in [5.74, 6) is 3.28. The molecule has 0 aliphatic heterocycles. The van der Waals surface area contributed by atoms with E-state index >= 15 is 0 Å². The highest BCUT2D eigenvalue weighted by molar-refractivity contribution is 5.66. The molecule has 34 heavy (non-hydrogen) atoms. The fourth-order valence-electron chi connectivity index (χ4n) is 9.58. The lowest BCUT2D eigenvalue weighted by Gasteiger charge is -2.60. The number of carbonyl (C=O) groups is 1. The summed E-state index contributed by atoms with van der Waals surface area (Å²) in [6.45, 7) is 23.1. The first-order valence-corrected chi connectivity index (χ1v) is 14.4. The Morgan fingerprint density at radius 2 is 1.71 bits per heavy atom. The number of allylic oxidation sites excluding steroid dienone is 3. The van der Waals surface area contributed by atoms with Crippen LogP contribution in [-0.2, 0) is 9.53 Å². The number of hydrogen-bond acceptors (Lipinski definition) is 2. The average molecular weight is 469 g/mol. The molecule has 2 saturated carbocycles. The molecule has 9 atom stereocenters. The highest BCUT2D eigenvalue weighted by Crippen LogP contribution is 2.71. The molecule has 2 heteroatoms. The van der Waals surface area contributed by atoms with Crippen LogP contribution in [0, 0.1) is 45.8 Å². The quantitative estimate of drug-likeness (QED) is 0.287. The van der Waals surface area contributed by atoms with Gasteiger partial charge in [0.25, 0.3) is 0 Å². The average Bonchev–Trinajstić information content (AvgIpc) is 3.05. The Bertz CT molecular complexity index is 853. The summed E-state index contributed by atoms with van der Waals surface area (Å²) in [5.41, 5.74) is 6.13. The van der Waals surface area contributed by atoms with E-state index in [0.717, 1.165) is 18.3 Å². The van der Waals surface area contributed by atoms with Gasteiger partial charge in [-0.1, -0.05) is 64.8 Å². The van der Waals surface area contributed by atoms with E-state index in [1.165, 1.54) is 63.4 Å².